The third-order valence-electron chi connectivity index (χ3n) is 3.44. The lowest BCUT2D eigenvalue weighted by Gasteiger charge is -2.33. The van der Waals surface area contributed by atoms with Crippen molar-refractivity contribution in [1.82, 2.24) is 4.90 Å². The molecule has 3 nitrogen and oxygen atoms in total. The second-order valence-corrected chi connectivity index (χ2v) is 5.16. The smallest absolute Gasteiger partial charge is 0.262 e. The van der Waals surface area contributed by atoms with Crippen LogP contribution in [0.2, 0.25) is 0 Å². The van der Waals surface area contributed by atoms with E-state index in [1.165, 1.54) is 6.07 Å². The molecule has 0 saturated carbocycles. The first kappa shape index (κ1) is 11.4. The fraction of sp³-hybridized carbons (Fsp3) is 0.357. The van der Waals surface area contributed by atoms with Crippen LogP contribution in [0.4, 0.5) is 15.8 Å². The van der Waals surface area contributed by atoms with Crippen LogP contribution in [0.5, 0.6) is 0 Å². The summed E-state index contributed by atoms with van der Waals surface area (Å²) < 4.78 is 13.5. The highest BCUT2D eigenvalue weighted by atomic mass is 19.1. The SMILES string of the molecule is CCC1=NC=C2[N+]1c1cc(F)ccc1NC2(C)C. The van der Waals surface area contributed by atoms with Gasteiger partial charge in [-0.2, -0.15) is 4.99 Å². The van der Waals surface area contributed by atoms with E-state index in [0.29, 0.717) is 0 Å². The van der Waals surface area contributed by atoms with Crippen molar-refractivity contribution in [3.8, 4) is 0 Å². The molecule has 0 unspecified atom stereocenters. The Morgan fingerprint density at radius 3 is 2.89 bits per heavy atom. The third kappa shape index (κ3) is 1.49. The molecule has 0 atom stereocenters. The molecule has 2 aliphatic heterocycles. The number of anilines is 2. The molecule has 0 spiro atoms. The van der Waals surface area contributed by atoms with Gasteiger partial charge >= 0.3 is 0 Å². The van der Waals surface area contributed by atoms with Gasteiger partial charge in [-0.1, -0.05) is 6.92 Å². The Morgan fingerprint density at radius 2 is 2.17 bits per heavy atom. The number of hydrogen-bond acceptors (Lipinski definition) is 3. The van der Waals surface area contributed by atoms with E-state index in [-0.39, 0.29) is 11.4 Å². The summed E-state index contributed by atoms with van der Waals surface area (Å²) in [6.07, 6.45) is 2.70. The first-order valence-corrected chi connectivity index (χ1v) is 6.18. The maximum atomic E-state index is 13.5. The largest absolute Gasteiger partial charge is 0.366 e. The van der Waals surface area contributed by atoms with Crippen molar-refractivity contribution in [3.05, 3.63) is 35.9 Å². The van der Waals surface area contributed by atoms with E-state index in [9.17, 15) is 4.39 Å². The van der Waals surface area contributed by atoms with E-state index in [2.05, 4.69) is 36.0 Å². The number of nitrogens with zero attached hydrogens (tertiary/aromatic N) is 2. The van der Waals surface area contributed by atoms with Crippen LogP contribution < -0.4 is 10.2 Å². The van der Waals surface area contributed by atoms with Crippen molar-refractivity contribution in [1.29, 1.82) is 0 Å². The normalized spacial score (nSPS) is 20.7. The second-order valence-electron chi connectivity index (χ2n) is 5.16. The van der Waals surface area contributed by atoms with Gasteiger partial charge in [-0.3, -0.25) is 0 Å². The average molecular weight is 245 g/mol. The van der Waals surface area contributed by atoms with Gasteiger partial charge in [0.15, 0.2) is 0 Å². The molecule has 0 amide bonds. The molecule has 3 rings (SSSR count). The Labute approximate surface area is 106 Å². The molecule has 0 fully saturated rings. The fourth-order valence-electron chi connectivity index (χ4n) is 2.55. The van der Waals surface area contributed by atoms with Crippen LogP contribution in [0, 0.1) is 5.82 Å². The highest BCUT2D eigenvalue weighted by Gasteiger charge is 2.49. The van der Waals surface area contributed by atoms with Gasteiger partial charge in [0.05, 0.1) is 6.20 Å². The van der Waals surface area contributed by atoms with Gasteiger partial charge in [-0.15, -0.1) is 0 Å². The van der Waals surface area contributed by atoms with Gasteiger partial charge in [0.2, 0.25) is 11.4 Å². The number of rotatable bonds is 1. The zero-order chi connectivity index (χ0) is 12.9. The molecule has 2 heterocycles. The molecule has 2 aliphatic rings. The zero-order valence-corrected chi connectivity index (χ0v) is 10.8. The molecule has 93 valence electrons. The van der Waals surface area contributed by atoms with E-state index in [1.54, 1.807) is 12.1 Å². The molecule has 1 radical (unpaired) electrons. The summed E-state index contributed by atoms with van der Waals surface area (Å²) in [6.45, 7) is 6.27. The van der Waals surface area contributed by atoms with Crippen molar-refractivity contribution in [2.24, 2.45) is 4.99 Å². The summed E-state index contributed by atoms with van der Waals surface area (Å²) in [5.41, 5.74) is 2.66. The van der Waals surface area contributed by atoms with Gasteiger partial charge in [0.25, 0.3) is 5.84 Å². The lowest BCUT2D eigenvalue weighted by molar-refractivity contribution is 0.572. The van der Waals surface area contributed by atoms with Crippen molar-refractivity contribution in [2.75, 3.05) is 5.32 Å². The number of hydrogen-bond donors (Lipinski definition) is 1. The highest BCUT2D eigenvalue weighted by molar-refractivity contribution is 5.98. The molecular weight excluding hydrogens is 229 g/mol. The van der Waals surface area contributed by atoms with Gasteiger partial charge in [0, 0.05) is 12.5 Å². The number of fused-ring (bicyclic) bond motifs is 3. The van der Waals surface area contributed by atoms with Crippen LogP contribution in [0.1, 0.15) is 27.2 Å². The summed E-state index contributed by atoms with van der Waals surface area (Å²) >= 11 is 0. The summed E-state index contributed by atoms with van der Waals surface area (Å²) in [5, 5.41) is 3.43. The lowest BCUT2D eigenvalue weighted by atomic mass is 9.95. The lowest BCUT2D eigenvalue weighted by Crippen LogP contribution is -2.47. The Kier molecular flexibility index (Phi) is 2.32. The molecular formula is C14H16FN3+. The van der Waals surface area contributed by atoms with Crippen LogP contribution in [0.25, 0.3) is 0 Å². The Bertz CT molecular complexity index is 572. The maximum absolute atomic E-state index is 13.5. The van der Waals surface area contributed by atoms with E-state index in [0.717, 1.165) is 29.3 Å². The number of nitrogens with one attached hydrogen (secondary N) is 1. The minimum atomic E-state index is -0.225. The molecule has 1 N–H and O–H groups in total. The molecule has 0 aliphatic carbocycles. The Hall–Kier alpha value is -1.68. The van der Waals surface area contributed by atoms with Crippen LogP contribution in [-0.2, 0) is 0 Å². The quantitative estimate of drug-likeness (QED) is 0.754. The van der Waals surface area contributed by atoms with Gasteiger partial charge in [-0.05, 0) is 30.9 Å². The van der Waals surface area contributed by atoms with Crippen molar-refractivity contribution >= 4 is 17.2 Å². The van der Waals surface area contributed by atoms with Crippen LogP contribution in [0.3, 0.4) is 0 Å². The topological polar surface area (TPSA) is 30.3 Å². The van der Waals surface area contributed by atoms with Crippen LogP contribution >= 0.6 is 0 Å². The average Bonchev–Trinajstić information content (AvgIpc) is 2.75. The van der Waals surface area contributed by atoms with Gasteiger partial charge in [0.1, 0.15) is 17.0 Å². The minimum Gasteiger partial charge on any atom is -0.366 e. The Balaban J connectivity index is 2.19. The predicted molar refractivity (Wildman–Crippen MR) is 71.7 cm³/mol. The standard InChI is InChI=1S/C14H16FN3/c1-4-13-16-8-12-14(2,3)17-10-6-5-9(15)7-11(10)18(12)13/h5-8,17H,4H2,1-3H3/q+1. The summed E-state index contributed by atoms with van der Waals surface area (Å²) in [6, 6.07) is 4.83. The molecule has 1 aromatic rings. The number of halogens is 1. The van der Waals surface area contributed by atoms with E-state index in [1.807, 2.05) is 6.20 Å². The van der Waals surface area contributed by atoms with Crippen LogP contribution in [0.15, 0.2) is 35.1 Å². The van der Waals surface area contributed by atoms with Crippen LogP contribution in [-0.4, -0.2) is 11.4 Å². The summed E-state index contributed by atoms with van der Waals surface area (Å²) in [4.78, 5) is 6.51. The Morgan fingerprint density at radius 1 is 1.39 bits per heavy atom. The van der Waals surface area contributed by atoms with Crippen molar-refractivity contribution < 1.29 is 4.39 Å². The summed E-state index contributed by atoms with van der Waals surface area (Å²) in [7, 11) is 0. The fourth-order valence-corrected chi connectivity index (χ4v) is 2.55. The van der Waals surface area contributed by atoms with Crippen molar-refractivity contribution in [2.45, 2.75) is 32.7 Å². The first-order valence-electron chi connectivity index (χ1n) is 6.18. The van der Waals surface area contributed by atoms with Gasteiger partial charge < -0.3 is 5.32 Å². The molecule has 0 aromatic heterocycles. The number of amidine groups is 1. The number of aliphatic imine (C=N–C) groups is 1. The maximum Gasteiger partial charge on any atom is 0.262 e. The molecule has 0 bridgehead atoms. The first-order chi connectivity index (χ1) is 8.53. The minimum absolute atomic E-state index is 0.203. The molecule has 0 saturated heterocycles. The van der Waals surface area contributed by atoms with Crippen molar-refractivity contribution in [3.63, 3.8) is 0 Å². The molecule has 4 heteroatoms. The monoisotopic (exact) mass is 245 g/mol. The second kappa shape index (κ2) is 3.65. The summed E-state index contributed by atoms with van der Waals surface area (Å²) in [5.74, 6) is 0.739. The molecule has 1 aromatic carbocycles. The third-order valence-corrected chi connectivity index (χ3v) is 3.44. The van der Waals surface area contributed by atoms with E-state index >= 15 is 0 Å². The van der Waals surface area contributed by atoms with E-state index < -0.39 is 0 Å². The predicted octanol–water partition coefficient (Wildman–Crippen LogP) is 3.46. The van der Waals surface area contributed by atoms with Gasteiger partial charge in [-0.25, -0.2) is 4.39 Å². The molecule has 18 heavy (non-hydrogen) atoms. The van der Waals surface area contributed by atoms with E-state index in [4.69, 9.17) is 0 Å². The zero-order valence-electron chi connectivity index (χ0n) is 10.8. The highest BCUT2D eigenvalue weighted by Crippen LogP contribution is 2.42. The number of benzene rings is 1.